The van der Waals surface area contributed by atoms with Gasteiger partial charge in [-0.3, -0.25) is 38.4 Å². The Hall–Kier alpha value is -3.84. The molecule has 0 bridgehead atoms. The smallest absolute Gasteiger partial charge is 0.310 e. The number of ketones is 2. The van der Waals surface area contributed by atoms with Gasteiger partial charge in [0.1, 0.15) is 24.5 Å². The molecule has 14 heteroatoms. The largest absolute Gasteiger partial charge is 0.481 e. The Bertz CT molecular complexity index is 1150. The third kappa shape index (κ3) is 17.4. The molecule has 274 valence electrons. The van der Waals surface area contributed by atoms with E-state index in [2.05, 4.69) is 26.6 Å². The SMILES string of the molecule is CC(C)CC(=O)N[C@H](C(=O)N[C@H](C(=O)N[C@@H](CC(C)C)C(=O)CC(=O)N[C@@H](C)C(=O)N[C@@H](CC(C)C)C(=O)CC(=O)O)C(C)C)C(C)C. The van der Waals surface area contributed by atoms with Crippen molar-refractivity contribution >= 4 is 47.1 Å². The minimum atomic E-state index is -1.32. The lowest BCUT2D eigenvalue weighted by molar-refractivity contribution is -0.141. The van der Waals surface area contributed by atoms with Crippen LogP contribution in [0.5, 0.6) is 0 Å². The van der Waals surface area contributed by atoms with Crippen LogP contribution >= 0.6 is 0 Å². The summed E-state index contributed by atoms with van der Waals surface area (Å²) in [5, 5.41) is 22.0. The third-order valence-corrected chi connectivity index (χ3v) is 7.36. The molecule has 5 atom stereocenters. The predicted octanol–water partition coefficient (Wildman–Crippen LogP) is 1.88. The fourth-order valence-corrected chi connectivity index (χ4v) is 4.87. The van der Waals surface area contributed by atoms with Crippen molar-refractivity contribution in [2.24, 2.45) is 29.6 Å². The van der Waals surface area contributed by atoms with E-state index in [1.165, 1.54) is 6.92 Å². The van der Waals surface area contributed by atoms with Gasteiger partial charge >= 0.3 is 5.97 Å². The van der Waals surface area contributed by atoms with Crippen LogP contribution in [0.2, 0.25) is 0 Å². The molecule has 0 saturated heterocycles. The summed E-state index contributed by atoms with van der Waals surface area (Å²) in [7, 11) is 0. The summed E-state index contributed by atoms with van der Waals surface area (Å²) >= 11 is 0. The van der Waals surface area contributed by atoms with E-state index >= 15 is 0 Å². The lowest BCUT2D eigenvalue weighted by Gasteiger charge is -2.29. The van der Waals surface area contributed by atoms with Crippen LogP contribution in [0.4, 0.5) is 0 Å². The molecule has 14 nitrogen and oxygen atoms in total. The number of carboxylic acids is 1. The highest BCUT2D eigenvalue weighted by molar-refractivity contribution is 6.04. The van der Waals surface area contributed by atoms with Gasteiger partial charge in [0.05, 0.1) is 18.5 Å². The lowest BCUT2D eigenvalue weighted by Crippen LogP contribution is -2.58. The number of carbonyl (C=O) groups excluding carboxylic acids is 7. The van der Waals surface area contributed by atoms with Crippen molar-refractivity contribution in [2.45, 2.75) is 138 Å². The maximum Gasteiger partial charge on any atom is 0.310 e. The lowest BCUT2D eigenvalue weighted by atomic mass is 9.96. The summed E-state index contributed by atoms with van der Waals surface area (Å²) in [4.78, 5) is 101. The molecule has 0 aliphatic rings. The van der Waals surface area contributed by atoms with E-state index in [-0.39, 0.29) is 54.8 Å². The molecule has 6 N–H and O–H groups in total. The van der Waals surface area contributed by atoms with Gasteiger partial charge in [0.2, 0.25) is 29.5 Å². The average molecular weight is 682 g/mol. The molecule has 0 aliphatic heterocycles. The van der Waals surface area contributed by atoms with Crippen molar-refractivity contribution < 1.29 is 43.5 Å². The number of amides is 5. The second kappa shape index (κ2) is 21.2. The molecule has 0 rings (SSSR count). The van der Waals surface area contributed by atoms with Crippen LogP contribution in [0.25, 0.3) is 0 Å². The molecule has 0 heterocycles. The van der Waals surface area contributed by atoms with Crippen molar-refractivity contribution in [1.82, 2.24) is 26.6 Å². The van der Waals surface area contributed by atoms with E-state index in [1.807, 2.05) is 41.5 Å². The van der Waals surface area contributed by atoms with Gasteiger partial charge < -0.3 is 31.7 Å². The van der Waals surface area contributed by atoms with Gasteiger partial charge in [0, 0.05) is 6.42 Å². The molecule has 0 aromatic heterocycles. The zero-order valence-electron chi connectivity index (χ0n) is 30.5. The number of nitrogens with one attached hydrogen (secondary N) is 5. The van der Waals surface area contributed by atoms with Gasteiger partial charge in [0.25, 0.3) is 0 Å². The average Bonchev–Trinajstić information content (AvgIpc) is 2.91. The van der Waals surface area contributed by atoms with Crippen molar-refractivity contribution in [1.29, 1.82) is 0 Å². The molecular weight excluding hydrogens is 622 g/mol. The summed E-state index contributed by atoms with van der Waals surface area (Å²) in [6.45, 7) is 19.5. The van der Waals surface area contributed by atoms with Crippen LogP contribution in [-0.4, -0.2) is 82.4 Å². The molecule has 0 aromatic carbocycles. The van der Waals surface area contributed by atoms with E-state index in [1.54, 1.807) is 27.7 Å². The standard InChI is InChI=1S/C34H59N5O9/c1-17(2)12-23(37-33(47)31(21(9)10)39-34(48)30(20(7)8)38-27(42)14-19(5)6)25(40)15-28(43)35-22(11)32(46)36-24(13-18(3)4)26(41)16-29(44)45/h17-24,30-31H,12-16H2,1-11H3,(H,35,43)(H,36,46)(H,37,47)(H,38,42)(H,39,48)(H,44,45)/t22-,23-,24-,30-,31-/m0/s1. The van der Waals surface area contributed by atoms with Gasteiger partial charge in [0.15, 0.2) is 11.6 Å². The maximum absolute atomic E-state index is 13.4. The highest BCUT2D eigenvalue weighted by Crippen LogP contribution is 2.12. The van der Waals surface area contributed by atoms with Gasteiger partial charge in [-0.1, -0.05) is 69.2 Å². The number of carbonyl (C=O) groups is 8. The van der Waals surface area contributed by atoms with E-state index in [9.17, 15) is 38.4 Å². The number of hydrogen-bond donors (Lipinski definition) is 6. The minimum Gasteiger partial charge on any atom is -0.481 e. The first-order chi connectivity index (χ1) is 22.0. The summed E-state index contributed by atoms with van der Waals surface area (Å²) < 4.78 is 0. The van der Waals surface area contributed by atoms with Crippen LogP contribution in [-0.2, 0) is 38.4 Å². The Labute approximate surface area is 285 Å². The van der Waals surface area contributed by atoms with E-state index in [0.29, 0.717) is 0 Å². The summed E-state index contributed by atoms with van der Waals surface area (Å²) in [5.41, 5.74) is 0. The van der Waals surface area contributed by atoms with Crippen molar-refractivity contribution in [3.8, 4) is 0 Å². The maximum atomic E-state index is 13.4. The molecule has 0 aromatic rings. The van der Waals surface area contributed by atoms with Gasteiger partial charge in [-0.05, 0) is 49.4 Å². The number of Topliss-reactive ketones (excluding diaryl/α,β-unsaturated/α-hetero) is 2. The van der Waals surface area contributed by atoms with Gasteiger partial charge in [-0.25, -0.2) is 0 Å². The summed E-state index contributed by atoms with van der Waals surface area (Å²) in [6.07, 6.45) is -0.764. The van der Waals surface area contributed by atoms with Crippen molar-refractivity contribution in [3.63, 3.8) is 0 Å². The topological polar surface area (TPSA) is 217 Å². The van der Waals surface area contributed by atoms with Crippen molar-refractivity contribution in [3.05, 3.63) is 0 Å². The molecule has 0 radical (unpaired) electrons. The Morgan fingerprint density at radius 3 is 1.31 bits per heavy atom. The number of aliphatic carboxylic acids is 1. The third-order valence-electron chi connectivity index (χ3n) is 7.36. The van der Waals surface area contributed by atoms with Crippen LogP contribution in [0, 0.1) is 29.6 Å². The first-order valence-corrected chi connectivity index (χ1v) is 16.8. The molecule has 48 heavy (non-hydrogen) atoms. The minimum absolute atomic E-state index is 0.0282. The Morgan fingerprint density at radius 2 is 0.896 bits per heavy atom. The zero-order chi connectivity index (χ0) is 37.5. The Balaban J connectivity index is 5.63. The molecule has 0 aliphatic carbocycles. The van der Waals surface area contributed by atoms with E-state index < -0.39 is 84.2 Å². The normalized spacial score (nSPS) is 14.6. The predicted molar refractivity (Wildman–Crippen MR) is 180 cm³/mol. The van der Waals surface area contributed by atoms with E-state index in [0.717, 1.165) is 0 Å². The Morgan fingerprint density at radius 1 is 0.479 bits per heavy atom. The second-order valence-corrected chi connectivity index (χ2v) is 14.5. The monoisotopic (exact) mass is 681 g/mol. The summed E-state index contributed by atoms with van der Waals surface area (Å²) in [5.74, 6) is -6.16. The van der Waals surface area contributed by atoms with Crippen LogP contribution in [0.15, 0.2) is 0 Å². The molecule has 0 spiro atoms. The first kappa shape index (κ1) is 44.2. The summed E-state index contributed by atoms with van der Waals surface area (Å²) in [6, 6.07) is -5.19. The Kier molecular flexibility index (Phi) is 19.5. The quantitative estimate of drug-likeness (QED) is 0.0918. The van der Waals surface area contributed by atoms with Crippen LogP contribution in [0.1, 0.15) is 108 Å². The number of carboxylic acid groups (broad SMARTS) is 1. The molecule has 5 amide bonds. The molecular formula is C34H59N5O9. The highest BCUT2D eigenvalue weighted by Gasteiger charge is 2.33. The second-order valence-electron chi connectivity index (χ2n) is 14.5. The molecule has 0 unspecified atom stereocenters. The molecule has 0 saturated carbocycles. The van der Waals surface area contributed by atoms with E-state index in [4.69, 9.17) is 5.11 Å². The van der Waals surface area contributed by atoms with Gasteiger partial charge in [-0.15, -0.1) is 0 Å². The van der Waals surface area contributed by atoms with Crippen molar-refractivity contribution in [2.75, 3.05) is 0 Å². The van der Waals surface area contributed by atoms with Gasteiger partial charge in [-0.2, -0.15) is 0 Å². The first-order valence-electron chi connectivity index (χ1n) is 16.8. The highest BCUT2D eigenvalue weighted by atomic mass is 16.4. The fraction of sp³-hybridized carbons (Fsp3) is 0.765. The number of rotatable bonds is 22. The fourth-order valence-electron chi connectivity index (χ4n) is 4.87. The molecule has 0 fully saturated rings. The van der Waals surface area contributed by atoms with Crippen LogP contribution in [0.3, 0.4) is 0 Å². The zero-order valence-corrected chi connectivity index (χ0v) is 30.5. The van der Waals surface area contributed by atoms with Crippen LogP contribution < -0.4 is 26.6 Å². The number of hydrogen-bond acceptors (Lipinski definition) is 8.